The van der Waals surface area contributed by atoms with Crippen molar-refractivity contribution in [2.45, 2.75) is 25.9 Å². The number of aryl methyl sites for hydroxylation is 2. The highest BCUT2D eigenvalue weighted by atomic mass is 32.1. The maximum absolute atomic E-state index is 10.5. The summed E-state index contributed by atoms with van der Waals surface area (Å²) < 4.78 is 0. The second-order valence-electron chi connectivity index (χ2n) is 4.59. The van der Waals surface area contributed by atoms with Crippen LogP contribution in [0.2, 0.25) is 0 Å². The van der Waals surface area contributed by atoms with Gasteiger partial charge in [0.1, 0.15) is 0 Å². The standard InChI is InChI=1S/C15H19NOS/c1-10-8-14(18-11(10)2)15(17)13(9-16)12-6-4-3-5-7-12/h3-8,13,15,17H,9,16H2,1-2H3. The number of nitrogens with two attached hydrogens (primary N) is 1. The summed E-state index contributed by atoms with van der Waals surface area (Å²) >= 11 is 1.66. The average Bonchev–Trinajstić information content (AvgIpc) is 2.72. The maximum Gasteiger partial charge on any atom is 0.0962 e. The average molecular weight is 261 g/mol. The molecule has 0 saturated heterocycles. The fourth-order valence-electron chi connectivity index (χ4n) is 2.09. The lowest BCUT2D eigenvalue weighted by Gasteiger charge is -2.20. The van der Waals surface area contributed by atoms with E-state index in [1.54, 1.807) is 11.3 Å². The molecule has 0 aliphatic carbocycles. The van der Waals surface area contributed by atoms with E-state index in [1.165, 1.54) is 10.4 Å². The van der Waals surface area contributed by atoms with E-state index in [2.05, 4.69) is 19.9 Å². The molecule has 2 rings (SSSR count). The van der Waals surface area contributed by atoms with E-state index >= 15 is 0 Å². The van der Waals surface area contributed by atoms with Gasteiger partial charge in [-0.3, -0.25) is 0 Å². The maximum atomic E-state index is 10.5. The van der Waals surface area contributed by atoms with E-state index in [0.717, 1.165) is 10.4 Å². The molecule has 2 nitrogen and oxygen atoms in total. The van der Waals surface area contributed by atoms with Gasteiger partial charge < -0.3 is 10.8 Å². The summed E-state index contributed by atoms with van der Waals surface area (Å²) in [6, 6.07) is 12.0. The zero-order valence-electron chi connectivity index (χ0n) is 10.8. The predicted molar refractivity (Wildman–Crippen MR) is 77.0 cm³/mol. The topological polar surface area (TPSA) is 46.2 Å². The van der Waals surface area contributed by atoms with Crippen LogP contribution in [0.25, 0.3) is 0 Å². The van der Waals surface area contributed by atoms with Gasteiger partial charge in [0.25, 0.3) is 0 Å². The SMILES string of the molecule is Cc1cc(C(O)C(CN)c2ccccc2)sc1C. The number of thiophene rings is 1. The van der Waals surface area contributed by atoms with Gasteiger partial charge in [0.05, 0.1) is 6.10 Å². The monoisotopic (exact) mass is 261 g/mol. The van der Waals surface area contributed by atoms with Gasteiger partial charge in [0.2, 0.25) is 0 Å². The molecule has 0 radical (unpaired) electrons. The van der Waals surface area contributed by atoms with E-state index in [1.807, 2.05) is 30.3 Å². The molecule has 1 aromatic carbocycles. The van der Waals surface area contributed by atoms with E-state index in [9.17, 15) is 5.11 Å². The van der Waals surface area contributed by atoms with Crippen molar-refractivity contribution in [1.82, 2.24) is 0 Å². The molecule has 0 spiro atoms. The van der Waals surface area contributed by atoms with E-state index in [0.29, 0.717) is 6.54 Å². The summed E-state index contributed by atoms with van der Waals surface area (Å²) in [5, 5.41) is 10.5. The summed E-state index contributed by atoms with van der Waals surface area (Å²) in [6.45, 7) is 4.60. The van der Waals surface area contributed by atoms with Crippen LogP contribution in [0.15, 0.2) is 36.4 Å². The van der Waals surface area contributed by atoms with Crippen LogP contribution in [0.5, 0.6) is 0 Å². The Kier molecular flexibility index (Phi) is 4.17. The summed E-state index contributed by atoms with van der Waals surface area (Å²) in [4.78, 5) is 2.26. The Morgan fingerprint density at radius 2 is 1.89 bits per heavy atom. The fourth-order valence-corrected chi connectivity index (χ4v) is 3.19. The Morgan fingerprint density at radius 3 is 2.39 bits per heavy atom. The molecule has 2 atom stereocenters. The lowest BCUT2D eigenvalue weighted by Crippen LogP contribution is -2.19. The molecule has 2 unspecified atom stereocenters. The van der Waals surface area contributed by atoms with Gasteiger partial charge in [-0.1, -0.05) is 30.3 Å². The number of rotatable bonds is 4. The molecule has 0 aliphatic rings. The second-order valence-corrected chi connectivity index (χ2v) is 5.87. The molecule has 3 N–H and O–H groups in total. The Balaban J connectivity index is 2.28. The lowest BCUT2D eigenvalue weighted by atomic mass is 9.92. The number of hydrogen-bond acceptors (Lipinski definition) is 3. The number of benzene rings is 1. The van der Waals surface area contributed by atoms with Crippen molar-refractivity contribution >= 4 is 11.3 Å². The second kappa shape index (κ2) is 5.65. The molecule has 0 bridgehead atoms. The minimum absolute atomic E-state index is 0.0383. The van der Waals surface area contributed by atoms with Gasteiger partial charge in [0.15, 0.2) is 0 Å². The van der Waals surface area contributed by atoms with E-state index in [4.69, 9.17) is 5.73 Å². The molecule has 1 heterocycles. The van der Waals surface area contributed by atoms with Crippen molar-refractivity contribution < 1.29 is 5.11 Å². The minimum atomic E-state index is -0.519. The van der Waals surface area contributed by atoms with Crippen LogP contribution in [-0.4, -0.2) is 11.7 Å². The molecular formula is C15H19NOS. The highest BCUT2D eigenvalue weighted by molar-refractivity contribution is 7.12. The Bertz CT molecular complexity index is 487. The molecule has 3 heteroatoms. The van der Waals surface area contributed by atoms with Crippen molar-refractivity contribution in [3.63, 3.8) is 0 Å². The van der Waals surface area contributed by atoms with Crippen molar-refractivity contribution in [2.24, 2.45) is 5.73 Å². The quantitative estimate of drug-likeness (QED) is 0.888. The van der Waals surface area contributed by atoms with E-state index < -0.39 is 6.10 Å². The van der Waals surface area contributed by atoms with Crippen LogP contribution in [0, 0.1) is 13.8 Å². The Hall–Kier alpha value is -1.16. The van der Waals surface area contributed by atoms with Crippen LogP contribution in [0.4, 0.5) is 0 Å². The van der Waals surface area contributed by atoms with Crippen LogP contribution in [0.3, 0.4) is 0 Å². The number of aliphatic hydroxyl groups excluding tert-OH is 1. The largest absolute Gasteiger partial charge is 0.387 e. The minimum Gasteiger partial charge on any atom is -0.387 e. The fraction of sp³-hybridized carbons (Fsp3) is 0.333. The molecular weight excluding hydrogens is 242 g/mol. The molecule has 96 valence electrons. The Morgan fingerprint density at radius 1 is 1.22 bits per heavy atom. The molecule has 2 aromatic rings. The van der Waals surface area contributed by atoms with Gasteiger partial charge in [0, 0.05) is 22.2 Å². The predicted octanol–water partition coefficient (Wildman–Crippen LogP) is 3.14. The van der Waals surface area contributed by atoms with Gasteiger partial charge in [-0.05, 0) is 31.0 Å². The van der Waals surface area contributed by atoms with Gasteiger partial charge in [-0.15, -0.1) is 11.3 Å². The third-order valence-corrected chi connectivity index (χ3v) is 4.56. The summed E-state index contributed by atoms with van der Waals surface area (Å²) in [5.74, 6) is -0.0383. The van der Waals surface area contributed by atoms with Crippen LogP contribution < -0.4 is 5.73 Å². The molecule has 18 heavy (non-hydrogen) atoms. The van der Waals surface area contributed by atoms with Gasteiger partial charge in [-0.2, -0.15) is 0 Å². The van der Waals surface area contributed by atoms with Crippen LogP contribution >= 0.6 is 11.3 Å². The van der Waals surface area contributed by atoms with Crippen molar-refractivity contribution in [1.29, 1.82) is 0 Å². The van der Waals surface area contributed by atoms with Gasteiger partial charge >= 0.3 is 0 Å². The van der Waals surface area contributed by atoms with Crippen molar-refractivity contribution in [2.75, 3.05) is 6.54 Å². The highest BCUT2D eigenvalue weighted by Crippen LogP contribution is 2.35. The molecule has 0 fully saturated rings. The van der Waals surface area contributed by atoms with E-state index in [-0.39, 0.29) is 5.92 Å². The zero-order valence-corrected chi connectivity index (χ0v) is 11.6. The lowest BCUT2D eigenvalue weighted by molar-refractivity contribution is 0.151. The number of hydrogen-bond donors (Lipinski definition) is 2. The highest BCUT2D eigenvalue weighted by Gasteiger charge is 2.23. The Labute approximate surface area is 112 Å². The molecule has 0 amide bonds. The van der Waals surface area contributed by atoms with Crippen molar-refractivity contribution in [3.8, 4) is 0 Å². The van der Waals surface area contributed by atoms with Gasteiger partial charge in [-0.25, -0.2) is 0 Å². The molecule has 0 aliphatic heterocycles. The first-order valence-corrected chi connectivity index (χ1v) is 6.95. The normalized spacial score (nSPS) is 14.4. The molecule has 0 saturated carbocycles. The molecule has 1 aromatic heterocycles. The first kappa shape index (κ1) is 13.3. The zero-order chi connectivity index (χ0) is 13.1. The first-order valence-electron chi connectivity index (χ1n) is 6.13. The first-order chi connectivity index (χ1) is 8.63. The summed E-state index contributed by atoms with van der Waals surface area (Å²) in [6.07, 6.45) is -0.519. The van der Waals surface area contributed by atoms with Crippen LogP contribution in [0.1, 0.15) is 32.9 Å². The summed E-state index contributed by atoms with van der Waals surface area (Å²) in [7, 11) is 0. The third-order valence-electron chi connectivity index (χ3n) is 3.34. The third kappa shape index (κ3) is 2.64. The van der Waals surface area contributed by atoms with Crippen LogP contribution in [-0.2, 0) is 0 Å². The number of aliphatic hydroxyl groups is 1. The summed E-state index contributed by atoms with van der Waals surface area (Å²) in [5.41, 5.74) is 8.16. The smallest absolute Gasteiger partial charge is 0.0962 e. The van der Waals surface area contributed by atoms with Crippen molar-refractivity contribution in [3.05, 3.63) is 57.3 Å².